The van der Waals surface area contributed by atoms with E-state index in [1.54, 1.807) is 0 Å². The van der Waals surface area contributed by atoms with Gasteiger partial charge in [-0.2, -0.15) is 9.61 Å². The number of nitrogens with two attached hydrogens (primary N) is 1. The van der Waals surface area contributed by atoms with Gasteiger partial charge in [0.1, 0.15) is 11.6 Å². The zero-order valence-corrected chi connectivity index (χ0v) is 17.0. The minimum absolute atomic E-state index is 0.226. The fourth-order valence-corrected chi connectivity index (χ4v) is 4.72. The van der Waals surface area contributed by atoms with Crippen molar-refractivity contribution in [1.29, 1.82) is 0 Å². The number of piperidine rings is 1. The number of hydrogen-bond donors (Lipinski definition) is 3. The van der Waals surface area contributed by atoms with Crippen molar-refractivity contribution in [2.24, 2.45) is 5.73 Å². The molecule has 2 aromatic heterocycles. The van der Waals surface area contributed by atoms with E-state index in [9.17, 15) is 5.11 Å². The van der Waals surface area contributed by atoms with Gasteiger partial charge in [-0.25, -0.2) is 4.98 Å². The van der Waals surface area contributed by atoms with Gasteiger partial charge in [-0.1, -0.05) is 6.92 Å². The molecular formula is C21H34N6O. The Kier molecular flexibility index (Phi) is 6.01. The molecule has 0 radical (unpaired) electrons. The monoisotopic (exact) mass is 386 g/mol. The standard InChI is InChI=1S/C21H34N6O/c1-2-15-14-23-27-20(24-17-8-6-16(22)7-9-17)13-19(25-21(15)27)26-11-4-3-5-18(26)10-12-28/h13-14,16-18,24,28H,2-12,22H2,1H3/t16-,17-,18-/m0/s1. The lowest BCUT2D eigenvalue weighted by Gasteiger charge is -2.37. The number of nitrogens with one attached hydrogen (secondary N) is 1. The first-order valence-electron chi connectivity index (χ1n) is 11.0. The largest absolute Gasteiger partial charge is 0.396 e. The first kappa shape index (κ1) is 19.5. The average molecular weight is 387 g/mol. The highest BCUT2D eigenvalue weighted by atomic mass is 16.3. The van der Waals surface area contributed by atoms with Gasteiger partial charge in [0.15, 0.2) is 5.65 Å². The fourth-order valence-electron chi connectivity index (χ4n) is 4.72. The highest BCUT2D eigenvalue weighted by Gasteiger charge is 2.26. The minimum Gasteiger partial charge on any atom is -0.396 e. The number of aryl methyl sites for hydroxylation is 1. The molecule has 0 spiro atoms. The number of aliphatic hydroxyl groups is 1. The molecular weight excluding hydrogens is 352 g/mol. The molecule has 2 fully saturated rings. The molecule has 0 amide bonds. The van der Waals surface area contributed by atoms with Crippen LogP contribution in [0.15, 0.2) is 12.3 Å². The molecule has 3 heterocycles. The summed E-state index contributed by atoms with van der Waals surface area (Å²) in [6.45, 7) is 3.38. The number of hydrogen-bond acceptors (Lipinski definition) is 6. The average Bonchev–Trinajstić information content (AvgIpc) is 3.14. The fraction of sp³-hybridized carbons (Fsp3) is 0.714. The summed E-state index contributed by atoms with van der Waals surface area (Å²) in [5.41, 5.74) is 8.21. The quantitative estimate of drug-likeness (QED) is 0.707. The van der Waals surface area contributed by atoms with Crippen LogP contribution in [0.3, 0.4) is 0 Å². The molecule has 1 saturated heterocycles. The van der Waals surface area contributed by atoms with E-state index in [1.807, 2.05) is 10.7 Å². The van der Waals surface area contributed by atoms with Gasteiger partial charge in [0.2, 0.25) is 0 Å². The number of aromatic nitrogens is 3. The van der Waals surface area contributed by atoms with Gasteiger partial charge in [0.25, 0.3) is 0 Å². The summed E-state index contributed by atoms with van der Waals surface area (Å²) in [6.07, 6.45) is 11.5. The van der Waals surface area contributed by atoms with E-state index in [0.717, 1.165) is 68.8 Å². The summed E-state index contributed by atoms with van der Waals surface area (Å²) < 4.78 is 1.96. The maximum absolute atomic E-state index is 9.51. The van der Waals surface area contributed by atoms with Gasteiger partial charge >= 0.3 is 0 Å². The van der Waals surface area contributed by atoms with Crippen LogP contribution in [-0.4, -0.2) is 51.0 Å². The van der Waals surface area contributed by atoms with Gasteiger partial charge in [-0.15, -0.1) is 0 Å². The maximum Gasteiger partial charge on any atom is 0.162 e. The second-order valence-electron chi connectivity index (χ2n) is 8.37. The molecule has 154 valence electrons. The summed E-state index contributed by atoms with van der Waals surface area (Å²) in [5.74, 6) is 2.03. The molecule has 7 heteroatoms. The van der Waals surface area contributed by atoms with E-state index < -0.39 is 0 Å². The second kappa shape index (κ2) is 8.66. The van der Waals surface area contributed by atoms with Crippen LogP contribution in [0.2, 0.25) is 0 Å². The molecule has 4 N–H and O–H groups in total. The third-order valence-electron chi connectivity index (χ3n) is 6.42. The zero-order chi connectivity index (χ0) is 19.5. The van der Waals surface area contributed by atoms with Crippen molar-refractivity contribution in [2.75, 3.05) is 23.4 Å². The Hall–Kier alpha value is -1.86. The minimum atomic E-state index is 0.226. The van der Waals surface area contributed by atoms with Crippen molar-refractivity contribution in [3.8, 4) is 0 Å². The lowest BCUT2D eigenvalue weighted by atomic mass is 9.92. The topological polar surface area (TPSA) is 91.7 Å². The highest BCUT2D eigenvalue weighted by molar-refractivity contribution is 5.61. The first-order chi connectivity index (χ1) is 13.7. The molecule has 2 aliphatic rings. The zero-order valence-electron chi connectivity index (χ0n) is 17.0. The van der Waals surface area contributed by atoms with E-state index in [4.69, 9.17) is 10.7 Å². The van der Waals surface area contributed by atoms with Crippen molar-refractivity contribution in [3.63, 3.8) is 0 Å². The van der Waals surface area contributed by atoms with Gasteiger partial charge < -0.3 is 21.1 Å². The molecule has 1 saturated carbocycles. The predicted octanol–water partition coefficient (Wildman–Crippen LogP) is 2.71. The van der Waals surface area contributed by atoms with E-state index in [2.05, 4.69) is 28.3 Å². The summed E-state index contributed by atoms with van der Waals surface area (Å²) in [5, 5.41) is 17.9. The van der Waals surface area contributed by atoms with Crippen LogP contribution in [0.25, 0.3) is 5.65 Å². The van der Waals surface area contributed by atoms with E-state index in [-0.39, 0.29) is 6.61 Å². The normalized spacial score (nSPS) is 26.0. The first-order valence-corrected chi connectivity index (χ1v) is 11.0. The molecule has 7 nitrogen and oxygen atoms in total. The van der Waals surface area contributed by atoms with Crippen LogP contribution >= 0.6 is 0 Å². The summed E-state index contributed by atoms with van der Waals surface area (Å²) >= 11 is 0. The van der Waals surface area contributed by atoms with Crippen LogP contribution in [0, 0.1) is 0 Å². The number of anilines is 2. The maximum atomic E-state index is 9.51. The van der Waals surface area contributed by atoms with Crippen LogP contribution in [0.4, 0.5) is 11.6 Å². The third-order valence-corrected chi connectivity index (χ3v) is 6.42. The van der Waals surface area contributed by atoms with Crippen LogP contribution < -0.4 is 16.0 Å². The molecule has 4 rings (SSSR count). The Morgan fingerprint density at radius 3 is 2.79 bits per heavy atom. The van der Waals surface area contributed by atoms with Gasteiger partial charge in [-0.3, -0.25) is 0 Å². The van der Waals surface area contributed by atoms with Gasteiger partial charge in [0, 0.05) is 42.9 Å². The SMILES string of the molecule is CCc1cnn2c(N[C@H]3CC[C@H](N)CC3)cc(N3CCCC[C@H]3CCO)nc12. The van der Waals surface area contributed by atoms with Crippen molar-refractivity contribution in [1.82, 2.24) is 14.6 Å². The number of aliphatic hydroxyl groups excluding tert-OH is 1. The van der Waals surface area contributed by atoms with E-state index in [1.165, 1.54) is 18.4 Å². The molecule has 1 atom stereocenters. The number of rotatable bonds is 6. The van der Waals surface area contributed by atoms with Crippen molar-refractivity contribution >= 4 is 17.3 Å². The Bertz CT molecular complexity index is 781. The lowest BCUT2D eigenvalue weighted by molar-refractivity contribution is 0.262. The Morgan fingerprint density at radius 2 is 2.04 bits per heavy atom. The molecule has 28 heavy (non-hydrogen) atoms. The molecule has 0 unspecified atom stereocenters. The Labute approximate surface area is 167 Å². The van der Waals surface area contributed by atoms with E-state index >= 15 is 0 Å². The summed E-state index contributed by atoms with van der Waals surface area (Å²) in [4.78, 5) is 7.41. The van der Waals surface area contributed by atoms with E-state index in [0.29, 0.717) is 18.1 Å². The van der Waals surface area contributed by atoms with Crippen LogP contribution in [0.5, 0.6) is 0 Å². The van der Waals surface area contributed by atoms with Crippen molar-refractivity contribution in [3.05, 3.63) is 17.8 Å². The lowest BCUT2D eigenvalue weighted by Crippen LogP contribution is -2.41. The molecule has 2 aromatic rings. The molecule has 1 aliphatic heterocycles. The second-order valence-corrected chi connectivity index (χ2v) is 8.37. The number of nitrogens with zero attached hydrogens (tertiary/aromatic N) is 4. The Morgan fingerprint density at radius 1 is 1.21 bits per heavy atom. The van der Waals surface area contributed by atoms with Gasteiger partial charge in [0.05, 0.1) is 6.20 Å². The van der Waals surface area contributed by atoms with Crippen LogP contribution in [0.1, 0.15) is 63.9 Å². The summed E-state index contributed by atoms with van der Waals surface area (Å²) in [7, 11) is 0. The number of fused-ring (bicyclic) bond motifs is 1. The molecule has 1 aliphatic carbocycles. The summed E-state index contributed by atoms with van der Waals surface area (Å²) in [6, 6.07) is 3.29. The predicted molar refractivity (Wildman–Crippen MR) is 113 cm³/mol. The van der Waals surface area contributed by atoms with Gasteiger partial charge in [-0.05, 0) is 57.8 Å². The highest BCUT2D eigenvalue weighted by Crippen LogP contribution is 2.30. The molecule has 0 aromatic carbocycles. The van der Waals surface area contributed by atoms with Crippen molar-refractivity contribution < 1.29 is 5.11 Å². The third kappa shape index (κ3) is 3.96. The van der Waals surface area contributed by atoms with Crippen molar-refractivity contribution in [2.45, 2.75) is 82.8 Å². The smallest absolute Gasteiger partial charge is 0.162 e. The van der Waals surface area contributed by atoms with Crippen LogP contribution in [-0.2, 0) is 6.42 Å². The molecule has 0 bridgehead atoms. The Balaban J connectivity index is 1.68.